The summed E-state index contributed by atoms with van der Waals surface area (Å²) >= 11 is 0. The number of aryl methyl sites for hydroxylation is 2. The fourth-order valence-electron chi connectivity index (χ4n) is 5.76. The van der Waals surface area contributed by atoms with Gasteiger partial charge in [-0.25, -0.2) is 0 Å². The molecule has 0 aliphatic rings. The molecule has 3 rings (SSSR count). The fourth-order valence-corrected chi connectivity index (χ4v) is 8.37. The Morgan fingerprint density at radius 3 is 1.44 bits per heavy atom. The average Bonchev–Trinajstić information content (AvgIpc) is 3.04. The molecule has 0 heterocycles. The minimum atomic E-state index is -3.87. The van der Waals surface area contributed by atoms with Gasteiger partial charge in [0.05, 0.1) is 26.4 Å². The predicted molar refractivity (Wildman–Crippen MR) is 173 cm³/mol. The lowest BCUT2D eigenvalue weighted by molar-refractivity contribution is -0.148. The van der Waals surface area contributed by atoms with E-state index < -0.39 is 30.4 Å². The maximum absolute atomic E-state index is 15.0. The van der Waals surface area contributed by atoms with Gasteiger partial charge in [-0.3, -0.25) is 14.4 Å². The Morgan fingerprint density at radius 1 is 0.667 bits per heavy atom. The Bertz CT molecular complexity index is 1430. The van der Waals surface area contributed by atoms with Crippen LogP contribution in [0.2, 0.25) is 0 Å². The first-order valence-corrected chi connectivity index (χ1v) is 16.6. The number of hydrogen-bond donors (Lipinski definition) is 4. The topological polar surface area (TPSA) is 156 Å². The van der Waals surface area contributed by atoms with Crippen molar-refractivity contribution in [3.63, 3.8) is 0 Å². The van der Waals surface area contributed by atoms with Crippen LogP contribution in [0.4, 0.5) is 0 Å². The normalized spacial score (nSPS) is 11.5. The average molecular weight is 639 g/mol. The molecule has 0 aromatic heterocycles. The highest BCUT2D eigenvalue weighted by atomic mass is 31.2. The summed E-state index contributed by atoms with van der Waals surface area (Å²) in [5, 5.41) is 39.1. The van der Waals surface area contributed by atoms with Gasteiger partial charge in [0.2, 0.25) is 24.5 Å². The maximum Gasteiger partial charge on any atom is 0.235 e. The molecule has 0 bridgehead atoms. The van der Waals surface area contributed by atoms with Crippen LogP contribution in [0.15, 0.2) is 66.7 Å². The van der Waals surface area contributed by atoms with Crippen molar-refractivity contribution in [3.8, 4) is 0 Å². The second-order valence-electron chi connectivity index (χ2n) is 10.9. The molecule has 0 spiro atoms. The monoisotopic (exact) mass is 638 g/mol. The molecule has 0 unspecified atom stereocenters. The molecule has 4 N–H and O–H groups in total. The van der Waals surface area contributed by atoms with E-state index in [4.69, 9.17) is 0 Å². The Kier molecular flexibility index (Phi) is 13.2. The van der Waals surface area contributed by atoms with Crippen molar-refractivity contribution in [1.82, 2.24) is 9.80 Å². The van der Waals surface area contributed by atoms with Gasteiger partial charge in [0.1, 0.15) is 5.92 Å². The van der Waals surface area contributed by atoms with E-state index in [1.165, 1.54) is 9.80 Å². The zero-order valence-electron chi connectivity index (χ0n) is 26.1. The van der Waals surface area contributed by atoms with Gasteiger partial charge in [-0.05, 0) is 49.4 Å². The minimum absolute atomic E-state index is 0.115. The molecule has 0 radical (unpaired) electrons. The van der Waals surface area contributed by atoms with Gasteiger partial charge in [0, 0.05) is 42.4 Å². The summed E-state index contributed by atoms with van der Waals surface area (Å²) in [6, 6.07) is 19.0. The van der Waals surface area contributed by atoms with E-state index in [0.717, 1.165) is 0 Å². The number of aliphatic hydroxyl groups excluding tert-OH is 4. The van der Waals surface area contributed by atoms with E-state index in [-0.39, 0.29) is 64.6 Å². The van der Waals surface area contributed by atoms with Crippen LogP contribution in [-0.2, 0) is 20.6 Å². The molecule has 2 amide bonds. The minimum Gasteiger partial charge on any atom is -0.395 e. The SMILES string of the molecule is Cc1cc(C)c(C(=O)P(=O)(c2ccccc2)c2ccccc2)c(C)c1CC(C(=O)N(CCO)CCO)C(=O)N(CCO)CCO. The van der Waals surface area contributed by atoms with Gasteiger partial charge in [0.25, 0.3) is 0 Å². The van der Waals surface area contributed by atoms with Crippen molar-refractivity contribution in [2.45, 2.75) is 27.2 Å². The van der Waals surface area contributed by atoms with Gasteiger partial charge in [-0.1, -0.05) is 66.7 Å². The Labute approximate surface area is 264 Å². The van der Waals surface area contributed by atoms with Crippen LogP contribution in [0.3, 0.4) is 0 Å². The van der Waals surface area contributed by atoms with E-state index in [0.29, 0.717) is 32.9 Å². The van der Waals surface area contributed by atoms with Crippen LogP contribution in [0.25, 0.3) is 0 Å². The number of aliphatic hydroxyl groups is 4. The predicted octanol–water partition coefficient (Wildman–Crippen LogP) is 1.55. The smallest absolute Gasteiger partial charge is 0.235 e. The number of amides is 2. The summed E-state index contributed by atoms with van der Waals surface area (Å²) in [7, 11) is -3.87. The van der Waals surface area contributed by atoms with Crippen molar-refractivity contribution in [2.75, 3.05) is 52.6 Å². The molecule has 45 heavy (non-hydrogen) atoms. The number of carbonyl (C=O) groups excluding carboxylic acids is 3. The largest absolute Gasteiger partial charge is 0.395 e. The molecular formula is C34H43N2O8P. The molecule has 0 aliphatic carbocycles. The maximum atomic E-state index is 15.0. The van der Waals surface area contributed by atoms with Crippen LogP contribution < -0.4 is 10.6 Å². The standard InChI is InChI=1S/C34H43N2O8P/c1-24-22-25(2)31(34(43)45(44,27-10-6-4-7-11-27)28-12-8-5-9-13-28)26(3)29(24)23-30(32(41)35(14-18-37)15-19-38)33(42)36(16-20-39)17-21-40/h4-13,22,30,37-40H,14-21,23H2,1-3H3. The van der Waals surface area contributed by atoms with Crippen molar-refractivity contribution in [3.05, 3.63) is 94.5 Å². The van der Waals surface area contributed by atoms with Gasteiger partial charge in [-0.2, -0.15) is 0 Å². The van der Waals surface area contributed by atoms with Crippen LogP contribution in [0, 0.1) is 26.7 Å². The first-order chi connectivity index (χ1) is 21.6. The molecule has 3 aromatic carbocycles. The van der Waals surface area contributed by atoms with Crippen LogP contribution in [0.5, 0.6) is 0 Å². The summed E-state index contributed by atoms with van der Waals surface area (Å²) in [5.74, 6) is -2.63. The molecule has 11 heteroatoms. The van der Waals surface area contributed by atoms with Gasteiger partial charge in [0.15, 0.2) is 0 Å². The van der Waals surface area contributed by atoms with Crippen LogP contribution >= 0.6 is 7.14 Å². The van der Waals surface area contributed by atoms with Crippen molar-refractivity contribution in [2.24, 2.45) is 5.92 Å². The zero-order valence-corrected chi connectivity index (χ0v) is 27.0. The third kappa shape index (κ3) is 7.95. The lowest BCUT2D eigenvalue weighted by atomic mass is 9.87. The lowest BCUT2D eigenvalue weighted by Crippen LogP contribution is -2.49. The number of benzene rings is 3. The van der Waals surface area contributed by atoms with Crippen molar-refractivity contribution < 1.29 is 39.4 Å². The first-order valence-electron chi connectivity index (χ1n) is 14.9. The van der Waals surface area contributed by atoms with E-state index >= 15 is 0 Å². The summed E-state index contributed by atoms with van der Waals surface area (Å²) < 4.78 is 15.0. The Hall–Kier alpha value is -3.66. The third-order valence-corrected chi connectivity index (χ3v) is 10.8. The summed E-state index contributed by atoms with van der Waals surface area (Å²) in [6.45, 7) is 3.27. The Morgan fingerprint density at radius 2 is 1.07 bits per heavy atom. The Balaban J connectivity index is 2.21. The van der Waals surface area contributed by atoms with Crippen LogP contribution in [0.1, 0.15) is 32.6 Å². The second kappa shape index (κ2) is 16.6. The number of carbonyl (C=O) groups is 3. The highest BCUT2D eigenvalue weighted by Gasteiger charge is 2.40. The highest BCUT2D eigenvalue weighted by Crippen LogP contribution is 2.48. The molecular weight excluding hydrogens is 595 g/mol. The molecule has 0 aliphatic heterocycles. The van der Waals surface area contributed by atoms with Crippen molar-refractivity contribution >= 4 is 35.1 Å². The highest BCUT2D eigenvalue weighted by molar-refractivity contribution is 7.93. The fraction of sp³-hybridized carbons (Fsp3) is 0.382. The number of hydrogen-bond acceptors (Lipinski definition) is 8. The summed E-state index contributed by atoms with van der Waals surface area (Å²) in [4.78, 5) is 44.6. The van der Waals surface area contributed by atoms with Crippen molar-refractivity contribution in [1.29, 1.82) is 0 Å². The van der Waals surface area contributed by atoms with Gasteiger partial charge < -0.3 is 34.8 Å². The van der Waals surface area contributed by atoms with E-state index in [1.807, 2.05) is 6.92 Å². The molecule has 242 valence electrons. The van der Waals surface area contributed by atoms with Gasteiger partial charge in [-0.15, -0.1) is 0 Å². The lowest BCUT2D eigenvalue weighted by Gasteiger charge is -2.31. The zero-order chi connectivity index (χ0) is 33.1. The molecule has 3 aromatic rings. The van der Waals surface area contributed by atoms with E-state index in [9.17, 15) is 39.4 Å². The molecule has 0 atom stereocenters. The molecule has 10 nitrogen and oxygen atoms in total. The van der Waals surface area contributed by atoms with E-state index in [1.54, 1.807) is 80.6 Å². The van der Waals surface area contributed by atoms with Crippen LogP contribution in [-0.4, -0.2) is 100 Å². The quantitative estimate of drug-likeness (QED) is 0.136. The van der Waals surface area contributed by atoms with Gasteiger partial charge >= 0.3 is 0 Å². The molecule has 0 saturated heterocycles. The number of rotatable bonds is 16. The molecule has 0 saturated carbocycles. The third-order valence-electron chi connectivity index (χ3n) is 7.98. The number of nitrogens with zero attached hydrogens (tertiary/aromatic N) is 2. The first kappa shape index (κ1) is 35.8. The summed E-state index contributed by atoms with van der Waals surface area (Å²) in [5.41, 5.74) is 2.04. The molecule has 0 fully saturated rings. The summed E-state index contributed by atoms with van der Waals surface area (Å²) in [6.07, 6.45) is -0.141. The second-order valence-corrected chi connectivity index (χ2v) is 13.5. The van der Waals surface area contributed by atoms with E-state index in [2.05, 4.69) is 0 Å².